The topological polar surface area (TPSA) is 72.4 Å². The van der Waals surface area contributed by atoms with E-state index in [9.17, 15) is 4.79 Å². The molecule has 3 rings (SSSR count). The molecule has 8 nitrogen and oxygen atoms in total. The maximum Gasteiger partial charge on any atom is 0.409 e. The zero-order valence-corrected chi connectivity index (χ0v) is 22.0. The number of carbonyl (C=O) groups excluding carboxylic acids is 1. The second-order valence-electron chi connectivity index (χ2n) is 9.11. The molecule has 3 fully saturated rings. The maximum atomic E-state index is 11.9. The van der Waals surface area contributed by atoms with Crippen molar-refractivity contribution in [1.29, 1.82) is 0 Å². The summed E-state index contributed by atoms with van der Waals surface area (Å²) >= 11 is 0. The molecule has 0 atom stereocenters. The van der Waals surface area contributed by atoms with Gasteiger partial charge in [-0.2, -0.15) is 0 Å². The highest BCUT2D eigenvalue weighted by Gasteiger charge is 2.39. The molecule has 0 aliphatic carbocycles. The number of piperidine rings is 3. The summed E-state index contributed by atoms with van der Waals surface area (Å²) in [5.74, 6) is 0.889. The van der Waals surface area contributed by atoms with E-state index in [2.05, 4.69) is 32.5 Å². The lowest BCUT2D eigenvalue weighted by atomic mass is 9.84. The predicted molar refractivity (Wildman–Crippen MR) is 136 cm³/mol. The van der Waals surface area contributed by atoms with Gasteiger partial charge >= 0.3 is 6.09 Å². The Morgan fingerprint density at radius 2 is 1.71 bits per heavy atom. The van der Waals surface area contributed by atoms with Crippen LogP contribution in [0.25, 0.3) is 0 Å². The van der Waals surface area contributed by atoms with Crippen LogP contribution in [0, 0.1) is 0 Å². The summed E-state index contributed by atoms with van der Waals surface area (Å²) in [5, 5.41) is 7.26. The number of hydrogen-bond donors (Lipinski definition) is 2. The van der Waals surface area contributed by atoms with Crippen LogP contribution < -0.4 is 10.6 Å². The van der Waals surface area contributed by atoms with Crippen LogP contribution >= 0.6 is 24.0 Å². The van der Waals surface area contributed by atoms with E-state index in [1.165, 1.54) is 45.2 Å². The van der Waals surface area contributed by atoms with Crippen LogP contribution in [0.2, 0.25) is 0 Å². The molecule has 0 aromatic rings. The van der Waals surface area contributed by atoms with Gasteiger partial charge in [0.05, 0.1) is 6.61 Å². The molecule has 0 spiro atoms. The quantitative estimate of drug-likeness (QED) is 0.311. The van der Waals surface area contributed by atoms with Crippen molar-refractivity contribution < 1.29 is 9.53 Å². The van der Waals surface area contributed by atoms with E-state index >= 15 is 0 Å². The van der Waals surface area contributed by atoms with Gasteiger partial charge in [0.2, 0.25) is 0 Å². The van der Waals surface area contributed by atoms with Gasteiger partial charge in [-0.25, -0.2) is 4.79 Å². The van der Waals surface area contributed by atoms with Gasteiger partial charge in [-0.1, -0.05) is 6.42 Å². The average molecular weight is 551 g/mol. The number of guanidine groups is 1. The number of rotatable bonds is 5. The number of amides is 1. The van der Waals surface area contributed by atoms with Crippen molar-refractivity contribution in [2.45, 2.75) is 63.5 Å². The van der Waals surface area contributed by atoms with Crippen molar-refractivity contribution >= 4 is 36.0 Å². The van der Waals surface area contributed by atoms with E-state index in [4.69, 9.17) is 4.74 Å². The molecule has 0 aromatic carbocycles. The lowest BCUT2D eigenvalue weighted by molar-refractivity contribution is 0.0172. The largest absolute Gasteiger partial charge is 0.450 e. The molecule has 3 aliphatic heterocycles. The van der Waals surface area contributed by atoms with Crippen molar-refractivity contribution in [3.05, 3.63) is 0 Å². The third kappa shape index (κ3) is 7.35. The Labute approximate surface area is 205 Å². The fourth-order valence-corrected chi connectivity index (χ4v) is 5.07. The molecular formula is C22H43IN6O2. The van der Waals surface area contributed by atoms with Crippen molar-refractivity contribution in [2.24, 2.45) is 4.99 Å². The number of aliphatic imine (C=N–C) groups is 1. The predicted octanol–water partition coefficient (Wildman–Crippen LogP) is 2.34. The van der Waals surface area contributed by atoms with E-state index in [0.717, 1.165) is 51.5 Å². The lowest BCUT2D eigenvalue weighted by Gasteiger charge is -2.50. The Kier molecular flexibility index (Phi) is 11.1. The standard InChI is InChI=1S/C22H42N6O2.HI/c1-4-30-21(29)27-14-8-19(9-15-27)25-20(23-2)24-18-22(10-16-26(3)17-11-22)28-12-6-5-7-13-28;/h19H,4-18H2,1-3H3,(H2,23,24,25);1H. The number of halogens is 1. The number of nitrogens with zero attached hydrogens (tertiary/aromatic N) is 4. The first kappa shape index (κ1) is 26.4. The van der Waals surface area contributed by atoms with Gasteiger partial charge in [0.25, 0.3) is 0 Å². The van der Waals surface area contributed by atoms with Crippen molar-refractivity contribution in [2.75, 3.05) is 66.5 Å². The fourth-order valence-electron chi connectivity index (χ4n) is 5.07. The van der Waals surface area contributed by atoms with Gasteiger partial charge < -0.3 is 25.2 Å². The van der Waals surface area contributed by atoms with E-state index < -0.39 is 0 Å². The summed E-state index contributed by atoms with van der Waals surface area (Å²) < 4.78 is 5.12. The van der Waals surface area contributed by atoms with Crippen LogP contribution in [0.3, 0.4) is 0 Å². The Bertz CT molecular complexity index is 568. The molecule has 0 unspecified atom stereocenters. The summed E-state index contributed by atoms with van der Waals surface area (Å²) in [7, 11) is 4.09. The molecule has 1 amide bonds. The zero-order valence-electron chi connectivity index (χ0n) is 19.7. The first-order chi connectivity index (χ1) is 14.6. The van der Waals surface area contributed by atoms with Gasteiger partial charge in [0, 0.05) is 38.3 Å². The molecular weight excluding hydrogens is 507 g/mol. The van der Waals surface area contributed by atoms with Crippen molar-refractivity contribution in [1.82, 2.24) is 25.3 Å². The lowest BCUT2D eigenvalue weighted by Crippen LogP contribution is -2.62. The highest BCUT2D eigenvalue weighted by atomic mass is 127. The van der Waals surface area contributed by atoms with Gasteiger partial charge in [-0.15, -0.1) is 24.0 Å². The van der Waals surface area contributed by atoms with Crippen LogP contribution in [0.4, 0.5) is 4.79 Å². The third-order valence-electron chi connectivity index (χ3n) is 7.11. The molecule has 0 radical (unpaired) electrons. The molecule has 0 saturated carbocycles. The summed E-state index contributed by atoms with van der Waals surface area (Å²) in [4.78, 5) is 23.4. The van der Waals surface area contributed by atoms with Crippen LogP contribution in [0.1, 0.15) is 51.9 Å². The molecule has 31 heavy (non-hydrogen) atoms. The second kappa shape index (κ2) is 13.0. The Hall–Kier alpha value is -0.810. The normalized spacial score (nSPS) is 23.7. The smallest absolute Gasteiger partial charge is 0.409 e. The average Bonchev–Trinajstić information content (AvgIpc) is 2.79. The second-order valence-corrected chi connectivity index (χ2v) is 9.11. The first-order valence-electron chi connectivity index (χ1n) is 11.9. The third-order valence-corrected chi connectivity index (χ3v) is 7.11. The fraction of sp³-hybridized carbons (Fsp3) is 0.909. The highest BCUT2D eigenvalue weighted by Crippen LogP contribution is 2.30. The van der Waals surface area contributed by atoms with Gasteiger partial charge in [0.1, 0.15) is 0 Å². The summed E-state index contributed by atoms with van der Waals surface area (Å²) in [5.41, 5.74) is 0.234. The zero-order chi connectivity index (χ0) is 21.4. The highest BCUT2D eigenvalue weighted by molar-refractivity contribution is 14.0. The van der Waals surface area contributed by atoms with Crippen LogP contribution in [0.5, 0.6) is 0 Å². The number of carbonyl (C=O) groups is 1. The molecule has 3 aliphatic rings. The van der Waals surface area contributed by atoms with E-state index in [1.807, 2.05) is 18.9 Å². The number of nitrogens with one attached hydrogen (secondary N) is 2. The minimum atomic E-state index is -0.191. The van der Waals surface area contributed by atoms with Crippen molar-refractivity contribution in [3.63, 3.8) is 0 Å². The first-order valence-corrected chi connectivity index (χ1v) is 11.9. The van der Waals surface area contributed by atoms with E-state index in [1.54, 1.807) is 0 Å². The van der Waals surface area contributed by atoms with Crippen LogP contribution in [-0.2, 0) is 4.74 Å². The van der Waals surface area contributed by atoms with E-state index in [0.29, 0.717) is 12.6 Å². The maximum absolute atomic E-state index is 11.9. The van der Waals surface area contributed by atoms with Crippen molar-refractivity contribution in [3.8, 4) is 0 Å². The SMILES string of the molecule is CCOC(=O)N1CCC(NC(=NC)NCC2(N3CCCCC3)CCN(C)CC2)CC1.I. The Morgan fingerprint density at radius 3 is 2.29 bits per heavy atom. The molecule has 180 valence electrons. The van der Waals surface area contributed by atoms with Crippen LogP contribution in [0.15, 0.2) is 4.99 Å². The molecule has 3 saturated heterocycles. The molecule has 9 heteroatoms. The summed E-state index contributed by atoms with van der Waals surface area (Å²) in [6.45, 7) is 9.48. The van der Waals surface area contributed by atoms with Crippen LogP contribution in [-0.4, -0.2) is 105 Å². The monoisotopic (exact) mass is 550 g/mol. The molecule has 2 N–H and O–H groups in total. The van der Waals surface area contributed by atoms with Gasteiger partial charge in [-0.05, 0) is 78.7 Å². The minimum Gasteiger partial charge on any atom is -0.450 e. The van der Waals surface area contributed by atoms with Gasteiger partial charge in [-0.3, -0.25) is 9.89 Å². The Morgan fingerprint density at radius 1 is 1.06 bits per heavy atom. The molecule has 3 heterocycles. The molecule has 0 aromatic heterocycles. The summed E-state index contributed by atoms with van der Waals surface area (Å²) in [6.07, 6.45) is 8.09. The number of likely N-dealkylation sites (tertiary alicyclic amines) is 3. The number of ether oxygens (including phenoxy) is 1. The Balaban J connectivity index is 0.00000341. The molecule has 0 bridgehead atoms. The van der Waals surface area contributed by atoms with Gasteiger partial charge in [0.15, 0.2) is 5.96 Å². The number of hydrogen-bond acceptors (Lipinski definition) is 5. The summed E-state index contributed by atoms with van der Waals surface area (Å²) in [6, 6.07) is 0.338. The minimum absolute atomic E-state index is 0. The van der Waals surface area contributed by atoms with E-state index in [-0.39, 0.29) is 35.6 Å².